The van der Waals surface area contributed by atoms with Gasteiger partial charge in [0.05, 0.1) is 31.8 Å². The lowest BCUT2D eigenvalue weighted by atomic mass is 10.1. The fourth-order valence-corrected chi connectivity index (χ4v) is 4.35. The molecule has 1 aliphatic rings. The summed E-state index contributed by atoms with van der Waals surface area (Å²) in [4.78, 5) is 15.1. The number of hydrogen-bond donors (Lipinski definition) is 0. The number of ether oxygens (including phenoxy) is 2. The molecule has 0 amide bonds. The Hall–Kier alpha value is -2.80. The van der Waals surface area contributed by atoms with E-state index in [1.54, 1.807) is 18.8 Å². The van der Waals surface area contributed by atoms with E-state index in [1.807, 2.05) is 24.3 Å². The molecule has 1 aromatic heterocycles. The van der Waals surface area contributed by atoms with Crippen molar-refractivity contribution in [3.05, 3.63) is 58.0 Å². The van der Waals surface area contributed by atoms with Crippen molar-refractivity contribution in [2.45, 2.75) is 39.0 Å². The summed E-state index contributed by atoms with van der Waals surface area (Å²) in [7, 11) is 3.31. The number of halogens is 1. The Labute approximate surface area is 175 Å². The van der Waals surface area contributed by atoms with E-state index in [-0.39, 0.29) is 12.2 Å². The number of aryl methyl sites for hydroxylation is 2. The van der Waals surface area contributed by atoms with Gasteiger partial charge in [0.15, 0.2) is 11.5 Å². The SMILES string of the molecule is COc1cc2c(cc1OC)CN(CCCCn1c(=O)n(CCF)c3ccccc31)C2. The Bertz CT molecular complexity index is 1060. The van der Waals surface area contributed by atoms with E-state index >= 15 is 0 Å². The molecule has 0 radical (unpaired) electrons. The summed E-state index contributed by atoms with van der Waals surface area (Å²) < 4.78 is 27.0. The van der Waals surface area contributed by atoms with Crippen molar-refractivity contribution < 1.29 is 13.9 Å². The van der Waals surface area contributed by atoms with Crippen molar-refractivity contribution in [3.63, 3.8) is 0 Å². The summed E-state index contributed by atoms with van der Waals surface area (Å²) in [5.74, 6) is 1.53. The highest BCUT2D eigenvalue weighted by Gasteiger charge is 2.21. The molecule has 0 saturated carbocycles. The molecule has 0 fully saturated rings. The highest BCUT2D eigenvalue weighted by Crippen LogP contribution is 2.34. The van der Waals surface area contributed by atoms with Crippen LogP contribution in [0.25, 0.3) is 11.0 Å². The Balaban J connectivity index is 1.37. The second-order valence-electron chi connectivity index (χ2n) is 7.66. The molecular weight excluding hydrogens is 385 g/mol. The number of hydrogen-bond acceptors (Lipinski definition) is 4. The average Bonchev–Trinajstić information content (AvgIpc) is 3.28. The summed E-state index contributed by atoms with van der Waals surface area (Å²) in [6.45, 7) is 2.94. The summed E-state index contributed by atoms with van der Waals surface area (Å²) in [6, 6.07) is 11.7. The van der Waals surface area contributed by atoms with Gasteiger partial charge in [0.1, 0.15) is 6.67 Å². The smallest absolute Gasteiger partial charge is 0.329 e. The maximum Gasteiger partial charge on any atom is 0.329 e. The summed E-state index contributed by atoms with van der Waals surface area (Å²) in [5, 5.41) is 0. The predicted octanol–water partition coefficient (Wildman–Crippen LogP) is 3.59. The van der Waals surface area contributed by atoms with Gasteiger partial charge in [-0.05, 0) is 54.8 Å². The molecule has 6 nitrogen and oxygen atoms in total. The Morgan fingerprint density at radius 1 is 0.867 bits per heavy atom. The fourth-order valence-electron chi connectivity index (χ4n) is 4.35. The molecule has 3 aromatic rings. The van der Waals surface area contributed by atoms with Gasteiger partial charge in [0, 0.05) is 19.6 Å². The summed E-state index contributed by atoms with van der Waals surface area (Å²) >= 11 is 0. The van der Waals surface area contributed by atoms with Crippen molar-refractivity contribution in [1.82, 2.24) is 14.0 Å². The summed E-state index contributed by atoms with van der Waals surface area (Å²) in [5.41, 5.74) is 4.11. The number of methoxy groups -OCH3 is 2. The van der Waals surface area contributed by atoms with E-state index in [0.717, 1.165) is 55.0 Å². The zero-order valence-electron chi connectivity index (χ0n) is 17.6. The van der Waals surface area contributed by atoms with Crippen LogP contribution in [-0.2, 0) is 26.2 Å². The van der Waals surface area contributed by atoms with Crippen molar-refractivity contribution in [2.75, 3.05) is 27.4 Å². The standard InChI is InChI=1S/C23H28FN3O3/c1-29-21-13-17-15-25(16-18(17)14-22(21)30-2)10-5-6-11-26-19-7-3-4-8-20(19)27(12-9-24)23(26)28/h3-4,7-8,13-14H,5-6,9-12,15-16H2,1-2H3. The lowest BCUT2D eigenvalue weighted by Crippen LogP contribution is -2.25. The lowest BCUT2D eigenvalue weighted by molar-refractivity contribution is 0.275. The maximum absolute atomic E-state index is 12.9. The molecule has 4 rings (SSSR count). The molecule has 0 spiro atoms. The highest BCUT2D eigenvalue weighted by atomic mass is 19.1. The molecular formula is C23H28FN3O3. The minimum Gasteiger partial charge on any atom is -0.493 e. The maximum atomic E-state index is 12.9. The first kappa shape index (κ1) is 20.5. The fraction of sp³-hybridized carbons (Fsp3) is 0.435. The Kier molecular flexibility index (Phi) is 6.08. The van der Waals surface area contributed by atoms with Gasteiger partial charge in [-0.15, -0.1) is 0 Å². The molecule has 0 aliphatic carbocycles. The van der Waals surface area contributed by atoms with Gasteiger partial charge in [0.2, 0.25) is 0 Å². The van der Waals surface area contributed by atoms with Crippen LogP contribution < -0.4 is 15.2 Å². The van der Waals surface area contributed by atoms with E-state index in [4.69, 9.17) is 9.47 Å². The van der Waals surface area contributed by atoms with Crippen molar-refractivity contribution >= 4 is 11.0 Å². The number of alkyl halides is 1. The van der Waals surface area contributed by atoms with Gasteiger partial charge in [-0.2, -0.15) is 0 Å². The van der Waals surface area contributed by atoms with E-state index < -0.39 is 6.67 Å². The van der Waals surface area contributed by atoms with E-state index in [1.165, 1.54) is 15.7 Å². The third-order valence-corrected chi connectivity index (χ3v) is 5.83. The molecule has 1 aliphatic heterocycles. The van der Waals surface area contributed by atoms with Crippen molar-refractivity contribution in [3.8, 4) is 11.5 Å². The second-order valence-corrected chi connectivity index (χ2v) is 7.66. The molecule has 2 heterocycles. The number of rotatable bonds is 9. The number of nitrogens with zero attached hydrogens (tertiary/aromatic N) is 3. The van der Waals surface area contributed by atoms with Crippen molar-refractivity contribution in [2.24, 2.45) is 0 Å². The molecule has 2 aromatic carbocycles. The largest absolute Gasteiger partial charge is 0.493 e. The molecule has 0 saturated heterocycles. The molecule has 0 atom stereocenters. The number of fused-ring (bicyclic) bond motifs is 2. The molecule has 0 unspecified atom stereocenters. The van der Waals surface area contributed by atoms with Crippen LogP contribution in [0.15, 0.2) is 41.2 Å². The minimum absolute atomic E-state index is 0.102. The van der Waals surface area contributed by atoms with Crippen LogP contribution in [0.5, 0.6) is 11.5 Å². The summed E-state index contributed by atoms with van der Waals surface area (Å²) in [6.07, 6.45) is 1.88. The number of unbranched alkanes of at least 4 members (excludes halogenated alkanes) is 1. The Morgan fingerprint density at radius 2 is 1.40 bits per heavy atom. The van der Waals surface area contributed by atoms with E-state index in [0.29, 0.717) is 6.54 Å². The second kappa shape index (κ2) is 8.92. The molecule has 0 N–H and O–H groups in total. The van der Waals surface area contributed by atoms with Gasteiger partial charge < -0.3 is 9.47 Å². The lowest BCUT2D eigenvalue weighted by Gasteiger charge is -2.14. The third kappa shape index (κ3) is 3.81. The van der Waals surface area contributed by atoms with Crippen LogP contribution in [0.1, 0.15) is 24.0 Å². The van der Waals surface area contributed by atoms with Crippen LogP contribution in [0, 0.1) is 0 Å². The topological polar surface area (TPSA) is 48.6 Å². The zero-order chi connectivity index (χ0) is 21.1. The van der Waals surface area contributed by atoms with E-state index in [9.17, 15) is 9.18 Å². The monoisotopic (exact) mass is 413 g/mol. The average molecular weight is 413 g/mol. The van der Waals surface area contributed by atoms with Crippen LogP contribution in [0.3, 0.4) is 0 Å². The quantitative estimate of drug-likeness (QED) is 0.503. The van der Waals surface area contributed by atoms with Gasteiger partial charge in [0.25, 0.3) is 0 Å². The minimum atomic E-state index is -0.543. The van der Waals surface area contributed by atoms with E-state index in [2.05, 4.69) is 17.0 Å². The molecule has 160 valence electrons. The highest BCUT2D eigenvalue weighted by molar-refractivity contribution is 5.75. The van der Waals surface area contributed by atoms with Crippen molar-refractivity contribution in [1.29, 1.82) is 0 Å². The number of aromatic nitrogens is 2. The number of benzene rings is 2. The first-order chi connectivity index (χ1) is 14.7. The first-order valence-corrected chi connectivity index (χ1v) is 10.4. The van der Waals surface area contributed by atoms with Gasteiger partial charge in [-0.1, -0.05) is 12.1 Å². The predicted molar refractivity (Wildman–Crippen MR) is 115 cm³/mol. The normalized spacial score (nSPS) is 13.7. The first-order valence-electron chi connectivity index (χ1n) is 10.4. The van der Waals surface area contributed by atoms with Crippen LogP contribution in [0.4, 0.5) is 4.39 Å². The van der Waals surface area contributed by atoms with Crippen LogP contribution in [0.2, 0.25) is 0 Å². The Morgan fingerprint density at radius 3 is 1.93 bits per heavy atom. The van der Waals surface area contributed by atoms with Gasteiger partial charge >= 0.3 is 5.69 Å². The van der Waals surface area contributed by atoms with Gasteiger partial charge in [-0.25, -0.2) is 9.18 Å². The number of para-hydroxylation sites is 2. The number of imidazole rings is 1. The van der Waals surface area contributed by atoms with Crippen LogP contribution >= 0.6 is 0 Å². The van der Waals surface area contributed by atoms with Crippen LogP contribution in [-0.4, -0.2) is 41.5 Å². The molecule has 30 heavy (non-hydrogen) atoms. The van der Waals surface area contributed by atoms with Gasteiger partial charge in [-0.3, -0.25) is 14.0 Å². The molecule has 7 heteroatoms. The zero-order valence-corrected chi connectivity index (χ0v) is 17.6. The molecule has 0 bridgehead atoms. The third-order valence-electron chi connectivity index (χ3n) is 5.83.